The Kier molecular flexibility index (Phi) is 4.77. The number of hydrogen-bond acceptors (Lipinski definition) is 5. The van der Waals surface area contributed by atoms with Gasteiger partial charge in [-0.3, -0.25) is 4.79 Å². The number of aliphatic hydroxyl groups is 1. The van der Waals surface area contributed by atoms with Gasteiger partial charge in [0, 0.05) is 11.6 Å². The Labute approximate surface area is 108 Å². The van der Waals surface area contributed by atoms with E-state index in [1.807, 2.05) is 0 Å². The quantitative estimate of drug-likeness (QED) is 0.387. The summed E-state index contributed by atoms with van der Waals surface area (Å²) < 4.78 is 17.7. The lowest BCUT2D eigenvalue weighted by atomic mass is 10.1. The first kappa shape index (κ1) is 14.4. The molecule has 0 bridgehead atoms. The number of nitriles is 1. The summed E-state index contributed by atoms with van der Waals surface area (Å²) in [6, 6.07) is 4.92. The summed E-state index contributed by atoms with van der Waals surface area (Å²) in [5.41, 5.74) is -0.206. The topological polar surface area (TPSA) is 87.4 Å². The van der Waals surface area contributed by atoms with E-state index in [9.17, 15) is 19.1 Å². The maximum absolute atomic E-state index is 13.3. The highest BCUT2D eigenvalue weighted by Crippen LogP contribution is 2.15. The Hall–Kier alpha value is -2.68. The first-order chi connectivity index (χ1) is 8.99. The van der Waals surface area contributed by atoms with Gasteiger partial charge in [0.1, 0.15) is 17.6 Å². The van der Waals surface area contributed by atoms with Crippen molar-refractivity contribution >= 4 is 17.5 Å². The van der Waals surface area contributed by atoms with Crippen LogP contribution in [0.5, 0.6) is 0 Å². The van der Waals surface area contributed by atoms with Gasteiger partial charge < -0.3 is 9.84 Å². The smallest absolute Gasteiger partial charge is 0.379 e. The Morgan fingerprint density at radius 3 is 2.74 bits per heavy atom. The normalized spacial score (nSPS) is 10.7. The molecule has 0 atom stereocenters. The highest BCUT2D eigenvalue weighted by molar-refractivity contribution is 6.39. The summed E-state index contributed by atoms with van der Waals surface area (Å²) in [6.45, 7) is 1.56. The molecule has 0 fully saturated rings. The molecule has 0 radical (unpaired) electrons. The molecule has 98 valence electrons. The first-order valence-electron chi connectivity index (χ1n) is 5.31. The minimum atomic E-state index is -1.11. The van der Waals surface area contributed by atoms with Crippen molar-refractivity contribution in [2.75, 3.05) is 6.61 Å². The van der Waals surface area contributed by atoms with Crippen LogP contribution in [-0.4, -0.2) is 23.5 Å². The van der Waals surface area contributed by atoms with Gasteiger partial charge in [-0.1, -0.05) is 0 Å². The molecule has 0 saturated carbocycles. The maximum Gasteiger partial charge on any atom is 0.379 e. The third kappa shape index (κ3) is 3.64. The predicted octanol–water partition coefficient (Wildman–Crippen LogP) is 1.73. The second-order valence-corrected chi connectivity index (χ2v) is 3.42. The second-order valence-electron chi connectivity index (χ2n) is 3.42. The van der Waals surface area contributed by atoms with Gasteiger partial charge in [0.15, 0.2) is 0 Å². The van der Waals surface area contributed by atoms with Crippen LogP contribution in [0.15, 0.2) is 24.3 Å². The van der Waals surface area contributed by atoms with E-state index < -0.39 is 23.3 Å². The van der Waals surface area contributed by atoms with Crippen LogP contribution in [0.3, 0.4) is 0 Å². The number of ketones is 1. The van der Waals surface area contributed by atoms with Crippen molar-refractivity contribution in [3.63, 3.8) is 0 Å². The fraction of sp³-hybridized carbons (Fsp3) is 0.154. The number of rotatable bonds is 4. The van der Waals surface area contributed by atoms with Gasteiger partial charge in [0.05, 0.1) is 12.2 Å². The molecule has 1 aromatic carbocycles. The lowest BCUT2D eigenvalue weighted by Crippen LogP contribution is -2.15. The molecular weight excluding hydrogens is 253 g/mol. The fourth-order valence-electron chi connectivity index (χ4n) is 1.23. The van der Waals surface area contributed by atoms with Crippen molar-refractivity contribution < 1.29 is 23.8 Å². The van der Waals surface area contributed by atoms with Gasteiger partial charge >= 0.3 is 5.97 Å². The Balaban J connectivity index is 2.97. The van der Waals surface area contributed by atoms with Crippen molar-refractivity contribution in [3.8, 4) is 6.07 Å². The molecule has 0 spiro atoms. The summed E-state index contributed by atoms with van der Waals surface area (Å²) in [4.78, 5) is 22.3. The highest BCUT2D eigenvalue weighted by Gasteiger charge is 2.14. The van der Waals surface area contributed by atoms with E-state index in [2.05, 4.69) is 4.74 Å². The molecule has 19 heavy (non-hydrogen) atoms. The van der Waals surface area contributed by atoms with Crippen LogP contribution in [0.4, 0.5) is 4.39 Å². The maximum atomic E-state index is 13.3. The summed E-state index contributed by atoms with van der Waals surface area (Å²) >= 11 is 0. The number of halogens is 1. The van der Waals surface area contributed by atoms with Gasteiger partial charge in [0.25, 0.3) is 5.78 Å². The van der Waals surface area contributed by atoms with E-state index in [0.29, 0.717) is 6.08 Å². The van der Waals surface area contributed by atoms with Crippen molar-refractivity contribution in [2.45, 2.75) is 6.92 Å². The molecular formula is C13H10FNO4. The molecule has 0 aromatic heterocycles. The van der Waals surface area contributed by atoms with Gasteiger partial charge in [0.2, 0.25) is 0 Å². The molecule has 0 aliphatic heterocycles. The zero-order valence-corrected chi connectivity index (χ0v) is 10.0. The standard InChI is InChI=1S/C13H10FNO4/c1-2-19-13(18)12(17)6-11(16)8-3-4-9(7-15)10(14)5-8/h3-6,16H,2H2,1H3. The average molecular weight is 263 g/mol. The number of carbonyl (C=O) groups excluding carboxylic acids is 2. The zero-order valence-electron chi connectivity index (χ0n) is 10.0. The zero-order chi connectivity index (χ0) is 14.4. The number of hydrogen-bond donors (Lipinski definition) is 1. The molecule has 5 nitrogen and oxygen atoms in total. The van der Waals surface area contributed by atoms with Crippen LogP contribution in [0.25, 0.3) is 5.76 Å². The number of aliphatic hydroxyl groups excluding tert-OH is 1. The highest BCUT2D eigenvalue weighted by atomic mass is 19.1. The second kappa shape index (κ2) is 6.31. The fourth-order valence-corrected chi connectivity index (χ4v) is 1.23. The van der Waals surface area contributed by atoms with E-state index in [-0.39, 0.29) is 17.7 Å². The summed E-state index contributed by atoms with van der Waals surface area (Å²) in [5.74, 6) is -3.57. The van der Waals surface area contributed by atoms with E-state index in [0.717, 1.165) is 12.1 Å². The molecule has 1 aromatic rings. The summed E-state index contributed by atoms with van der Waals surface area (Å²) in [7, 11) is 0. The molecule has 0 amide bonds. The van der Waals surface area contributed by atoms with Crippen LogP contribution in [0.1, 0.15) is 18.1 Å². The van der Waals surface area contributed by atoms with Crippen molar-refractivity contribution in [1.29, 1.82) is 5.26 Å². The largest absolute Gasteiger partial charge is 0.507 e. The third-order valence-electron chi connectivity index (χ3n) is 2.13. The molecule has 6 heteroatoms. The SMILES string of the molecule is CCOC(=O)C(=O)C=C(O)c1ccc(C#N)c(F)c1. The number of benzene rings is 1. The van der Waals surface area contributed by atoms with Gasteiger partial charge in [-0.15, -0.1) is 0 Å². The van der Waals surface area contributed by atoms with E-state index >= 15 is 0 Å². The lowest BCUT2D eigenvalue weighted by molar-refractivity contribution is -0.151. The third-order valence-corrected chi connectivity index (χ3v) is 2.13. The summed E-state index contributed by atoms with van der Waals surface area (Å²) in [6.07, 6.45) is 0.638. The average Bonchev–Trinajstić information content (AvgIpc) is 2.38. The Morgan fingerprint density at radius 1 is 1.53 bits per heavy atom. The molecule has 1 N–H and O–H groups in total. The van der Waals surface area contributed by atoms with Crippen molar-refractivity contribution in [3.05, 3.63) is 41.2 Å². The van der Waals surface area contributed by atoms with Crippen LogP contribution >= 0.6 is 0 Å². The van der Waals surface area contributed by atoms with Crippen LogP contribution in [0, 0.1) is 17.1 Å². The molecule has 0 saturated heterocycles. The predicted molar refractivity (Wildman–Crippen MR) is 63.4 cm³/mol. The molecule has 0 aliphatic carbocycles. The Bertz CT molecular complexity index is 587. The first-order valence-corrected chi connectivity index (χ1v) is 5.31. The van der Waals surface area contributed by atoms with Crippen LogP contribution < -0.4 is 0 Å². The van der Waals surface area contributed by atoms with Gasteiger partial charge in [-0.2, -0.15) is 5.26 Å². The number of carbonyl (C=O) groups is 2. The monoisotopic (exact) mass is 263 g/mol. The van der Waals surface area contributed by atoms with Crippen LogP contribution in [-0.2, 0) is 14.3 Å². The van der Waals surface area contributed by atoms with E-state index in [1.165, 1.54) is 13.0 Å². The molecule has 0 heterocycles. The number of esters is 1. The number of ether oxygens (including phenoxy) is 1. The lowest BCUT2D eigenvalue weighted by Gasteiger charge is -2.01. The van der Waals surface area contributed by atoms with E-state index in [1.54, 1.807) is 6.07 Å². The van der Waals surface area contributed by atoms with Gasteiger partial charge in [-0.25, -0.2) is 9.18 Å². The molecule has 0 aliphatic rings. The minimum Gasteiger partial charge on any atom is -0.507 e. The van der Waals surface area contributed by atoms with Crippen molar-refractivity contribution in [2.24, 2.45) is 0 Å². The summed E-state index contributed by atoms with van der Waals surface area (Å²) in [5, 5.41) is 18.1. The Morgan fingerprint density at radius 2 is 2.21 bits per heavy atom. The van der Waals surface area contributed by atoms with E-state index in [4.69, 9.17) is 5.26 Å². The van der Waals surface area contributed by atoms with Crippen LogP contribution in [0.2, 0.25) is 0 Å². The molecule has 1 rings (SSSR count). The minimum absolute atomic E-state index is 0.0193. The molecule has 0 unspecified atom stereocenters. The van der Waals surface area contributed by atoms with Crippen molar-refractivity contribution in [1.82, 2.24) is 0 Å². The number of nitrogens with zero attached hydrogens (tertiary/aromatic N) is 1. The van der Waals surface area contributed by atoms with Gasteiger partial charge in [-0.05, 0) is 25.1 Å².